The Morgan fingerprint density at radius 3 is 2.80 bits per heavy atom. The molecule has 136 valence electrons. The summed E-state index contributed by atoms with van der Waals surface area (Å²) in [5.74, 6) is 0.970. The third-order valence-corrected chi connectivity index (χ3v) is 7.73. The molecular formula is C20H27ClN2O2. The fraction of sp³-hybridized carbons (Fsp3) is 0.700. The number of rotatable bonds is 2. The van der Waals surface area contributed by atoms with E-state index < -0.39 is 5.60 Å². The van der Waals surface area contributed by atoms with E-state index in [9.17, 15) is 10.2 Å². The van der Waals surface area contributed by atoms with Crippen LogP contribution in [-0.4, -0.2) is 52.9 Å². The Hall–Kier alpha value is -0.810. The molecule has 0 spiro atoms. The lowest BCUT2D eigenvalue weighted by molar-refractivity contribution is -0.148. The molecule has 3 fully saturated rings. The summed E-state index contributed by atoms with van der Waals surface area (Å²) in [7, 11) is 0. The third-order valence-electron chi connectivity index (χ3n) is 7.35. The van der Waals surface area contributed by atoms with Crippen LogP contribution in [0.25, 0.3) is 0 Å². The molecule has 1 saturated carbocycles. The van der Waals surface area contributed by atoms with Crippen molar-refractivity contribution < 1.29 is 10.2 Å². The topological polar surface area (TPSA) is 55.7 Å². The molecular weight excluding hydrogens is 336 g/mol. The summed E-state index contributed by atoms with van der Waals surface area (Å²) in [6.45, 7) is 3.88. The third kappa shape index (κ3) is 2.24. The van der Waals surface area contributed by atoms with Crippen LogP contribution < -0.4 is 5.32 Å². The maximum atomic E-state index is 12.1. The van der Waals surface area contributed by atoms with Crippen molar-refractivity contribution >= 4 is 11.6 Å². The average Bonchev–Trinajstić information content (AvgIpc) is 3.40. The van der Waals surface area contributed by atoms with E-state index in [0.29, 0.717) is 5.02 Å². The lowest BCUT2D eigenvalue weighted by Crippen LogP contribution is -2.71. The Morgan fingerprint density at radius 1 is 1.20 bits per heavy atom. The summed E-state index contributed by atoms with van der Waals surface area (Å²) in [6.07, 6.45) is 6.07. The van der Waals surface area contributed by atoms with Gasteiger partial charge in [0, 0.05) is 18.0 Å². The zero-order valence-corrected chi connectivity index (χ0v) is 15.4. The molecule has 3 atom stereocenters. The van der Waals surface area contributed by atoms with Gasteiger partial charge >= 0.3 is 0 Å². The van der Waals surface area contributed by atoms with Crippen LogP contribution in [-0.2, 0) is 11.8 Å². The van der Waals surface area contributed by atoms with Crippen molar-refractivity contribution in [3.8, 4) is 5.75 Å². The van der Waals surface area contributed by atoms with Gasteiger partial charge in [-0.15, -0.1) is 0 Å². The van der Waals surface area contributed by atoms with Crippen molar-refractivity contribution in [2.75, 3.05) is 26.2 Å². The Labute approximate surface area is 154 Å². The molecule has 1 aromatic carbocycles. The first-order valence-corrected chi connectivity index (χ1v) is 10.1. The molecule has 2 aliphatic heterocycles. The smallest absolute Gasteiger partial charge is 0.134 e. The Morgan fingerprint density at radius 2 is 2.00 bits per heavy atom. The lowest BCUT2D eigenvalue weighted by Gasteiger charge is -2.61. The maximum absolute atomic E-state index is 12.1. The number of likely N-dealkylation sites (tertiary alicyclic amines) is 1. The molecule has 25 heavy (non-hydrogen) atoms. The normalized spacial score (nSPS) is 37.9. The molecule has 2 bridgehead atoms. The Kier molecular flexibility index (Phi) is 3.66. The van der Waals surface area contributed by atoms with Gasteiger partial charge in [-0.05, 0) is 81.3 Å². The van der Waals surface area contributed by atoms with Crippen LogP contribution in [0.4, 0.5) is 0 Å². The highest BCUT2D eigenvalue weighted by Gasteiger charge is 2.63. The van der Waals surface area contributed by atoms with E-state index in [4.69, 9.17) is 11.6 Å². The lowest BCUT2D eigenvalue weighted by atomic mass is 9.52. The molecule has 0 amide bonds. The molecule has 0 radical (unpaired) electrons. The number of piperidine rings is 1. The summed E-state index contributed by atoms with van der Waals surface area (Å²) in [5.41, 5.74) is 1.14. The molecule has 5 heteroatoms. The van der Waals surface area contributed by atoms with E-state index in [1.54, 1.807) is 6.07 Å². The molecule has 2 saturated heterocycles. The number of benzene rings is 1. The van der Waals surface area contributed by atoms with Gasteiger partial charge in [-0.1, -0.05) is 17.7 Å². The SMILES string of the molecule is Oc1ccc2c(c1Cl)[C@@]13CCNCC[C@@]1(O)[C@@H](C2)N(CC1CC1)CC3. The molecule has 4 aliphatic rings. The molecule has 5 rings (SSSR count). The van der Waals surface area contributed by atoms with Gasteiger partial charge in [0.15, 0.2) is 0 Å². The van der Waals surface area contributed by atoms with Crippen LogP contribution in [0.3, 0.4) is 0 Å². The van der Waals surface area contributed by atoms with Gasteiger partial charge in [-0.2, -0.15) is 0 Å². The highest BCUT2D eigenvalue weighted by molar-refractivity contribution is 6.33. The van der Waals surface area contributed by atoms with E-state index in [-0.39, 0.29) is 17.2 Å². The number of halogens is 1. The second-order valence-electron chi connectivity index (χ2n) is 8.60. The van der Waals surface area contributed by atoms with E-state index in [2.05, 4.69) is 10.2 Å². The zero-order valence-electron chi connectivity index (χ0n) is 14.6. The molecule has 3 N–H and O–H groups in total. The molecule has 0 unspecified atom stereocenters. The van der Waals surface area contributed by atoms with Gasteiger partial charge in [-0.3, -0.25) is 4.90 Å². The second-order valence-corrected chi connectivity index (χ2v) is 8.98. The van der Waals surface area contributed by atoms with Crippen LogP contribution in [0, 0.1) is 5.92 Å². The van der Waals surface area contributed by atoms with Crippen molar-refractivity contribution in [3.63, 3.8) is 0 Å². The molecule has 0 aromatic heterocycles. The molecule has 2 heterocycles. The first kappa shape index (κ1) is 16.4. The highest BCUT2D eigenvalue weighted by atomic mass is 35.5. The number of hydrogen-bond donors (Lipinski definition) is 3. The second kappa shape index (κ2) is 5.59. The van der Waals surface area contributed by atoms with Crippen LogP contribution >= 0.6 is 11.6 Å². The summed E-state index contributed by atoms with van der Waals surface area (Å²) < 4.78 is 0. The van der Waals surface area contributed by atoms with Crippen LogP contribution in [0.15, 0.2) is 12.1 Å². The van der Waals surface area contributed by atoms with Gasteiger partial charge in [0.05, 0.1) is 10.6 Å². The number of phenolic OH excluding ortho intramolecular Hbond substituents is 1. The van der Waals surface area contributed by atoms with Crippen molar-refractivity contribution in [1.82, 2.24) is 10.2 Å². The minimum atomic E-state index is -0.770. The van der Waals surface area contributed by atoms with Gasteiger partial charge in [0.25, 0.3) is 0 Å². The molecule has 2 aliphatic carbocycles. The van der Waals surface area contributed by atoms with Gasteiger partial charge in [0.2, 0.25) is 0 Å². The minimum absolute atomic E-state index is 0.146. The summed E-state index contributed by atoms with van der Waals surface area (Å²) in [5, 5.41) is 26.3. The van der Waals surface area contributed by atoms with Crippen LogP contribution in [0.2, 0.25) is 5.02 Å². The number of nitrogens with zero attached hydrogens (tertiary/aromatic N) is 1. The van der Waals surface area contributed by atoms with E-state index in [1.807, 2.05) is 6.07 Å². The van der Waals surface area contributed by atoms with Crippen molar-refractivity contribution in [3.05, 3.63) is 28.3 Å². The summed E-state index contributed by atoms with van der Waals surface area (Å²) in [6, 6.07) is 3.91. The first-order valence-electron chi connectivity index (χ1n) is 9.73. The van der Waals surface area contributed by atoms with Crippen LogP contribution in [0.5, 0.6) is 5.75 Å². The Balaban J connectivity index is 1.68. The monoisotopic (exact) mass is 362 g/mol. The fourth-order valence-electron chi connectivity index (χ4n) is 5.90. The zero-order chi connectivity index (χ0) is 17.2. The van der Waals surface area contributed by atoms with E-state index in [0.717, 1.165) is 63.3 Å². The largest absolute Gasteiger partial charge is 0.506 e. The summed E-state index contributed by atoms with van der Waals surface area (Å²) >= 11 is 6.62. The van der Waals surface area contributed by atoms with Crippen molar-refractivity contribution in [2.24, 2.45) is 5.92 Å². The predicted molar refractivity (Wildman–Crippen MR) is 98.3 cm³/mol. The van der Waals surface area contributed by atoms with Crippen molar-refractivity contribution in [1.29, 1.82) is 0 Å². The Bertz CT molecular complexity index is 707. The van der Waals surface area contributed by atoms with Gasteiger partial charge < -0.3 is 15.5 Å². The van der Waals surface area contributed by atoms with Gasteiger partial charge in [-0.25, -0.2) is 0 Å². The minimum Gasteiger partial charge on any atom is -0.506 e. The van der Waals surface area contributed by atoms with E-state index in [1.165, 1.54) is 18.4 Å². The number of nitrogens with one attached hydrogen (secondary N) is 1. The first-order chi connectivity index (χ1) is 12.1. The van der Waals surface area contributed by atoms with Crippen LogP contribution in [0.1, 0.15) is 43.2 Å². The fourth-order valence-corrected chi connectivity index (χ4v) is 6.26. The molecule has 4 nitrogen and oxygen atoms in total. The van der Waals surface area contributed by atoms with Crippen molar-refractivity contribution in [2.45, 2.75) is 55.6 Å². The highest BCUT2D eigenvalue weighted by Crippen LogP contribution is 2.58. The quantitative estimate of drug-likeness (QED) is 0.756. The number of aliphatic hydroxyl groups is 1. The number of hydrogen-bond acceptors (Lipinski definition) is 4. The summed E-state index contributed by atoms with van der Waals surface area (Å²) in [4.78, 5) is 2.56. The number of aromatic hydroxyl groups is 1. The number of fused-ring (bicyclic) bond motifs is 1. The standard InChI is InChI=1S/C20H27ClN2O2/c21-18-15(24)4-3-14-11-16-20(25)6-9-22-8-5-19(20,17(14)18)7-10-23(16)12-13-1-2-13/h3-4,13,16,22,24-25H,1-2,5-12H2/t16-,19+,20-/m1/s1. The number of phenols is 1. The molecule has 1 aromatic rings. The maximum Gasteiger partial charge on any atom is 0.134 e. The predicted octanol–water partition coefficient (Wildman–Crippen LogP) is 2.44. The van der Waals surface area contributed by atoms with E-state index >= 15 is 0 Å². The van der Waals surface area contributed by atoms with Gasteiger partial charge in [0.1, 0.15) is 5.75 Å². The average molecular weight is 363 g/mol.